The standard InChI is InChI=1S/C13H23N3O2/c1-14(2)12(18)16-9-7-13(8-10-16)6-4-5-11(17)15(13)3/h4-10H2,1-3H3. The molecule has 2 fully saturated rings. The van der Waals surface area contributed by atoms with Gasteiger partial charge in [-0.1, -0.05) is 0 Å². The highest BCUT2D eigenvalue weighted by atomic mass is 16.2. The predicted octanol–water partition coefficient (Wildman–Crippen LogP) is 1.14. The molecule has 0 radical (unpaired) electrons. The minimum atomic E-state index is 0.0123. The normalized spacial score (nSPS) is 23.4. The maximum atomic E-state index is 11.9. The molecule has 0 aromatic rings. The Morgan fingerprint density at radius 2 is 1.83 bits per heavy atom. The Hall–Kier alpha value is -1.26. The van der Waals surface area contributed by atoms with E-state index in [0.29, 0.717) is 6.42 Å². The first kappa shape index (κ1) is 13.2. The van der Waals surface area contributed by atoms with E-state index in [4.69, 9.17) is 0 Å². The molecule has 5 nitrogen and oxygen atoms in total. The molecule has 18 heavy (non-hydrogen) atoms. The number of nitrogens with zero attached hydrogens (tertiary/aromatic N) is 3. The number of likely N-dealkylation sites (tertiary alicyclic amines) is 2. The molecule has 2 heterocycles. The van der Waals surface area contributed by atoms with Gasteiger partial charge in [-0.3, -0.25) is 4.79 Å². The first-order chi connectivity index (χ1) is 8.46. The fourth-order valence-corrected chi connectivity index (χ4v) is 3.15. The predicted molar refractivity (Wildman–Crippen MR) is 69.2 cm³/mol. The van der Waals surface area contributed by atoms with Crippen molar-refractivity contribution in [2.75, 3.05) is 34.2 Å². The summed E-state index contributed by atoms with van der Waals surface area (Å²) in [6.45, 7) is 1.52. The molecule has 5 heteroatoms. The summed E-state index contributed by atoms with van der Waals surface area (Å²) in [5.41, 5.74) is 0.0123. The van der Waals surface area contributed by atoms with Gasteiger partial charge in [0, 0.05) is 46.2 Å². The number of piperidine rings is 2. The van der Waals surface area contributed by atoms with Gasteiger partial charge in [-0.25, -0.2) is 4.79 Å². The molecule has 0 atom stereocenters. The lowest BCUT2D eigenvalue weighted by molar-refractivity contribution is -0.141. The minimum absolute atomic E-state index is 0.0123. The van der Waals surface area contributed by atoms with Gasteiger partial charge in [0.15, 0.2) is 0 Å². The summed E-state index contributed by atoms with van der Waals surface area (Å²) >= 11 is 0. The summed E-state index contributed by atoms with van der Waals surface area (Å²) in [5.74, 6) is 0.258. The number of hydrogen-bond acceptors (Lipinski definition) is 2. The van der Waals surface area contributed by atoms with Crippen LogP contribution in [0.15, 0.2) is 0 Å². The minimum Gasteiger partial charge on any atom is -0.340 e. The molecule has 102 valence electrons. The van der Waals surface area contributed by atoms with Crippen LogP contribution < -0.4 is 0 Å². The highest BCUT2D eigenvalue weighted by Crippen LogP contribution is 2.36. The van der Waals surface area contributed by atoms with Gasteiger partial charge in [-0.2, -0.15) is 0 Å². The molecular weight excluding hydrogens is 230 g/mol. The Bertz CT molecular complexity index is 346. The van der Waals surface area contributed by atoms with Crippen LogP contribution in [-0.4, -0.2) is 66.4 Å². The molecule has 0 saturated carbocycles. The number of urea groups is 1. The lowest BCUT2D eigenvalue weighted by atomic mass is 9.79. The average Bonchev–Trinajstić information content (AvgIpc) is 2.36. The van der Waals surface area contributed by atoms with Crippen LogP contribution >= 0.6 is 0 Å². The van der Waals surface area contributed by atoms with E-state index in [-0.39, 0.29) is 17.5 Å². The van der Waals surface area contributed by atoms with Crippen LogP contribution in [0.2, 0.25) is 0 Å². The van der Waals surface area contributed by atoms with E-state index >= 15 is 0 Å². The second-order valence-electron chi connectivity index (χ2n) is 5.69. The Morgan fingerprint density at radius 1 is 1.22 bits per heavy atom. The molecule has 0 aromatic carbocycles. The summed E-state index contributed by atoms with van der Waals surface area (Å²) in [6.07, 6.45) is 4.58. The first-order valence-electron chi connectivity index (χ1n) is 6.69. The van der Waals surface area contributed by atoms with E-state index in [2.05, 4.69) is 0 Å². The quantitative estimate of drug-likeness (QED) is 0.650. The van der Waals surface area contributed by atoms with E-state index in [1.807, 2.05) is 16.8 Å². The molecule has 0 unspecified atom stereocenters. The molecule has 0 aliphatic carbocycles. The van der Waals surface area contributed by atoms with E-state index in [1.165, 1.54) is 0 Å². The van der Waals surface area contributed by atoms with Crippen LogP contribution in [0.25, 0.3) is 0 Å². The van der Waals surface area contributed by atoms with Crippen LogP contribution in [0, 0.1) is 0 Å². The number of rotatable bonds is 0. The summed E-state index contributed by atoms with van der Waals surface area (Å²) in [6, 6.07) is 0.0784. The molecule has 0 N–H and O–H groups in total. The second kappa shape index (κ2) is 4.78. The molecule has 2 saturated heterocycles. The highest BCUT2D eigenvalue weighted by molar-refractivity contribution is 5.78. The Morgan fingerprint density at radius 3 is 2.39 bits per heavy atom. The van der Waals surface area contributed by atoms with E-state index < -0.39 is 0 Å². The van der Waals surface area contributed by atoms with E-state index in [0.717, 1.165) is 38.8 Å². The second-order valence-corrected chi connectivity index (χ2v) is 5.69. The number of carbonyl (C=O) groups is 2. The molecular formula is C13H23N3O2. The Kier molecular flexibility index (Phi) is 3.50. The lowest BCUT2D eigenvalue weighted by Crippen LogP contribution is -2.59. The van der Waals surface area contributed by atoms with Crippen molar-refractivity contribution in [1.29, 1.82) is 0 Å². The zero-order valence-corrected chi connectivity index (χ0v) is 11.6. The maximum absolute atomic E-state index is 11.9. The molecule has 0 bridgehead atoms. The summed E-state index contributed by atoms with van der Waals surface area (Å²) in [7, 11) is 5.48. The smallest absolute Gasteiger partial charge is 0.319 e. The van der Waals surface area contributed by atoms with Crippen molar-refractivity contribution >= 4 is 11.9 Å². The van der Waals surface area contributed by atoms with Gasteiger partial charge in [0.05, 0.1) is 0 Å². The van der Waals surface area contributed by atoms with Crippen LogP contribution in [0.4, 0.5) is 4.79 Å². The molecule has 2 aliphatic rings. The zero-order chi connectivity index (χ0) is 13.3. The van der Waals surface area contributed by atoms with Crippen molar-refractivity contribution in [3.05, 3.63) is 0 Å². The number of carbonyl (C=O) groups excluding carboxylic acids is 2. The maximum Gasteiger partial charge on any atom is 0.319 e. The van der Waals surface area contributed by atoms with Gasteiger partial charge in [-0.15, -0.1) is 0 Å². The molecule has 2 aliphatic heterocycles. The first-order valence-corrected chi connectivity index (χ1v) is 6.69. The monoisotopic (exact) mass is 253 g/mol. The summed E-state index contributed by atoms with van der Waals surface area (Å²) in [4.78, 5) is 29.2. The van der Waals surface area contributed by atoms with Gasteiger partial charge in [0.1, 0.15) is 0 Å². The van der Waals surface area contributed by atoms with Crippen LogP contribution in [0.3, 0.4) is 0 Å². The van der Waals surface area contributed by atoms with Gasteiger partial charge < -0.3 is 14.7 Å². The third-order valence-electron chi connectivity index (χ3n) is 4.47. The van der Waals surface area contributed by atoms with Gasteiger partial charge in [0.2, 0.25) is 5.91 Å². The zero-order valence-electron chi connectivity index (χ0n) is 11.6. The van der Waals surface area contributed by atoms with Crippen molar-refractivity contribution in [2.24, 2.45) is 0 Å². The Labute approximate surface area is 109 Å². The third kappa shape index (κ3) is 2.18. The number of hydrogen-bond donors (Lipinski definition) is 0. The van der Waals surface area contributed by atoms with Crippen molar-refractivity contribution in [2.45, 2.75) is 37.6 Å². The number of amides is 3. The summed E-state index contributed by atoms with van der Waals surface area (Å²) < 4.78 is 0. The average molecular weight is 253 g/mol. The third-order valence-corrected chi connectivity index (χ3v) is 4.47. The summed E-state index contributed by atoms with van der Waals surface area (Å²) in [5, 5.41) is 0. The van der Waals surface area contributed by atoms with E-state index in [1.54, 1.807) is 19.0 Å². The lowest BCUT2D eigenvalue weighted by Gasteiger charge is -2.50. The highest BCUT2D eigenvalue weighted by Gasteiger charge is 2.43. The van der Waals surface area contributed by atoms with Crippen LogP contribution in [0.1, 0.15) is 32.1 Å². The Balaban J connectivity index is 2.01. The molecule has 0 aromatic heterocycles. The van der Waals surface area contributed by atoms with Gasteiger partial charge in [0.25, 0.3) is 0 Å². The van der Waals surface area contributed by atoms with Crippen LogP contribution in [-0.2, 0) is 4.79 Å². The fraction of sp³-hybridized carbons (Fsp3) is 0.846. The topological polar surface area (TPSA) is 43.9 Å². The molecule has 3 amide bonds. The fourth-order valence-electron chi connectivity index (χ4n) is 3.15. The SMILES string of the molecule is CN(C)C(=O)N1CCC2(CCCC(=O)N2C)CC1. The van der Waals surface area contributed by atoms with E-state index in [9.17, 15) is 9.59 Å². The molecule has 1 spiro atoms. The molecule has 2 rings (SSSR count). The van der Waals surface area contributed by atoms with Gasteiger partial charge >= 0.3 is 6.03 Å². The van der Waals surface area contributed by atoms with Crippen molar-refractivity contribution in [3.8, 4) is 0 Å². The van der Waals surface area contributed by atoms with Crippen LogP contribution in [0.5, 0.6) is 0 Å². The van der Waals surface area contributed by atoms with Crippen molar-refractivity contribution < 1.29 is 9.59 Å². The van der Waals surface area contributed by atoms with Crippen molar-refractivity contribution in [3.63, 3.8) is 0 Å². The van der Waals surface area contributed by atoms with Gasteiger partial charge in [-0.05, 0) is 25.7 Å². The largest absolute Gasteiger partial charge is 0.340 e. The van der Waals surface area contributed by atoms with Crippen molar-refractivity contribution in [1.82, 2.24) is 14.7 Å².